The summed E-state index contributed by atoms with van der Waals surface area (Å²) >= 11 is 0. The molecule has 0 aliphatic rings. The van der Waals surface area contributed by atoms with Crippen molar-refractivity contribution in [1.29, 1.82) is 0 Å². The van der Waals surface area contributed by atoms with Crippen LogP contribution in [0.25, 0.3) is 10.8 Å². The molecule has 2 nitrogen and oxygen atoms in total. The molecule has 1 atom stereocenters. The van der Waals surface area contributed by atoms with Gasteiger partial charge in [-0.15, -0.1) is 0 Å². The molecule has 1 unspecified atom stereocenters. The first kappa shape index (κ1) is 13.7. The van der Waals surface area contributed by atoms with E-state index in [-0.39, 0.29) is 11.9 Å². The van der Waals surface area contributed by atoms with Crippen LogP contribution in [0, 0.1) is 5.82 Å². The Morgan fingerprint density at radius 1 is 0.857 bits per heavy atom. The van der Waals surface area contributed by atoms with Gasteiger partial charge in [0, 0.05) is 5.39 Å². The molecule has 0 saturated heterocycles. The van der Waals surface area contributed by atoms with E-state index in [1.54, 1.807) is 6.07 Å². The summed E-state index contributed by atoms with van der Waals surface area (Å²) in [6.07, 6.45) is 0.757. The molecular formula is C18H17FN2. The third-order valence-electron chi connectivity index (χ3n) is 3.76. The van der Waals surface area contributed by atoms with Crippen molar-refractivity contribution in [1.82, 2.24) is 5.43 Å². The van der Waals surface area contributed by atoms with Crippen molar-refractivity contribution in [3.8, 4) is 0 Å². The number of hydrazine groups is 1. The average molecular weight is 280 g/mol. The molecule has 0 aliphatic carbocycles. The summed E-state index contributed by atoms with van der Waals surface area (Å²) in [7, 11) is 0. The number of hydrogen-bond donors (Lipinski definition) is 2. The largest absolute Gasteiger partial charge is 0.271 e. The zero-order chi connectivity index (χ0) is 14.7. The third kappa shape index (κ3) is 2.79. The van der Waals surface area contributed by atoms with Crippen molar-refractivity contribution in [2.75, 3.05) is 0 Å². The van der Waals surface area contributed by atoms with Gasteiger partial charge in [0.05, 0.1) is 6.04 Å². The van der Waals surface area contributed by atoms with Crippen LogP contribution in [0.1, 0.15) is 17.2 Å². The van der Waals surface area contributed by atoms with Crippen molar-refractivity contribution in [2.45, 2.75) is 12.5 Å². The molecule has 21 heavy (non-hydrogen) atoms. The molecule has 3 aromatic carbocycles. The van der Waals surface area contributed by atoms with Crippen molar-refractivity contribution in [3.05, 3.63) is 83.7 Å². The van der Waals surface area contributed by atoms with Crippen molar-refractivity contribution >= 4 is 10.8 Å². The lowest BCUT2D eigenvalue weighted by atomic mass is 9.94. The SMILES string of the molecule is NNC(Cc1ccccc1)c1ccc(F)c2ccccc12. The van der Waals surface area contributed by atoms with E-state index in [1.165, 1.54) is 11.6 Å². The van der Waals surface area contributed by atoms with E-state index in [9.17, 15) is 4.39 Å². The lowest BCUT2D eigenvalue weighted by Gasteiger charge is -2.19. The summed E-state index contributed by atoms with van der Waals surface area (Å²) in [5.41, 5.74) is 5.06. The summed E-state index contributed by atoms with van der Waals surface area (Å²) in [5.74, 6) is 5.53. The second kappa shape index (κ2) is 6.04. The van der Waals surface area contributed by atoms with Crippen molar-refractivity contribution in [2.24, 2.45) is 5.84 Å². The highest BCUT2D eigenvalue weighted by Gasteiger charge is 2.15. The van der Waals surface area contributed by atoms with Gasteiger partial charge in [0.1, 0.15) is 5.82 Å². The molecule has 3 heteroatoms. The number of nitrogens with one attached hydrogen (secondary N) is 1. The quantitative estimate of drug-likeness (QED) is 0.564. The smallest absolute Gasteiger partial charge is 0.131 e. The third-order valence-corrected chi connectivity index (χ3v) is 3.76. The molecule has 0 saturated carbocycles. The Kier molecular flexibility index (Phi) is 3.95. The molecule has 0 aliphatic heterocycles. The van der Waals surface area contributed by atoms with Gasteiger partial charge in [0.2, 0.25) is 0 Å². The zero-order valence-electron chi connectivity index (χ0n) is 11.6. The minimum Gasteiger partial charge on any atom is -0.271 e. The second-order valence-electron chi connectivity index (χ2n) is 5.09. The van der Waals surface area contributed by atoms with Crippen molar-refractivity contribution in [3.63, 3.8) is 0 Å². The second-order valence-corrected chi connectivity index (χ2v) is 5.09. The summed E-state index contributed by atoms with van der Waals surface area (Å²) < 4.78 is 13.9. The molecule has 106 valence electrons. The number of rotatable bonds is 4. The molecule has 0 heterocycles. The molecule has 3 rings (SSSR count). The van der Waals surface area contributed by atoms with Crippen LogP contribution in [0.15, 0.2) is 66.7 Å². The molecule has 0 aromatic heterocycles. The van der Waals surface area contributed by atoms with Crippen LogP contribution in [-0.4, -0.2) is 0 Å². The van der Waals surface area contributed by atoms with E-state index in [4.69, 9.17) is 5.84 Å². The Bertz CT molecular complexity index is 741. The minimum atomic E-state index is -0.204. The van der Waals surface area contributed by atoms with Crippen LogP contribution < -0.4 is 11.3 Å². The Labute approximate surface area is 123 Å². The standard InChI is InChI=1S/C18H17FN2/c19-17-11-10-16(14-8-4-5-9-15(14)17)18(21-20)12-13-6-2-1-3-7-13/h1-11,18,21H,12,20H2. The molecule has 0 amide bonds. The summed E-state index contributed by atoms with van der Waals surface area (Å²) in [5, 5.41) is 1.53. The lowest BCUT2D eigenvalue weighted by Crippen LogP contribution is -2.29. The highest BCUT2D eigenvalue weighted by Crippen LogP contribution is 2.28. The van der Waals surface area contributed by atoms with Gasteiger partial charge < -0.3 is 0 Å². The molecule has 3 N–H and O–H groups in total. The molecule has 0 fully saturated rings. The highest BCUT2D eigenvalue weighted by molar-refractivity contribution is 5.86. The Morgan fingerprint density at radius 3 is 2.24 bits per heavy atom. The van der Waals surface area contributed by atoms with E-state index in [0.29, 0.717) is 5.39 Å². The van der Waals surface area contributed by atoms with Crippen molar-refractivity contribution < 1.29 is 4.39 Å². The van der Waals surface area contributed by atoms with E-state index >= 15 is 0 Å². The first-order valence-corrected chi connectivity index (χ1v) is 6.97. The first-order valence-electron chi connectivity index (χ1n) is 6.97. The number of nitrogens with two attached hydrogens (primary N) is 1. The Hall–Kier alpha value is -2.23. The van der Waals surface area contributed by atoms with E-state index in [1.807, 2.05) is 42.5 Å². The first-order chi connectivity index (χ1) is 10.3. The molecule has 0 radical (unpaired) electrons. The fourth-order valence-electron chi connectivity index (χ4n) is 2.70. The molecule has 0 spiro atoms. The zero-order valence-corrected chi connectivity index (χ0v) is 11.6. The predicted octanol–water partition coefficient (Wildman–Crippen LogP) is 3.73. The number of fused-ring (bicyclic) bond motifs is 1. The van der Waals surface area contributed by atoms with Gasteiger partial charge in [0.15, 0.2) is 0 Å². The van der Waals surface area contributed by atoms with Gasteiger partial charge in [-0.2, -0.15) is 0 Å². The fraction of sp³-hybridized carbons (Fsp3) is 0.111. The Morgan fingerprint density at radius 2 is 1.52 bits per heavy atom. The molecular weight excluding hydrogens is 263 g/mol. The van der Waals surface area contributed by atoms with Gasteiger partial charge in [-0.25, -0.2) is 4.39 Å². The van der Waals surface area contributed by atoms with Crippen LogP contribution in [-0.2, 0) is 6.42 Å². The monoisotopic (exact) mass is 280 g/mol. The topological polar surface area (TPSA) is 38.0 Å². The van der Waals surface area contributed by atoms with Crippen LogP contribution in [0.4, 0.5) is 4.39 Å². The minimum absolute atomic E-state index is 0.0575. The van der Waals surface area contributed by atoms with Crippen LogP contribution in [0.3, 0.4) is 0 Å². The summed E-state index contributed by atoms with van der Waals surface area (Å²) in [6.45, 7) is 0. The van der Waals surface area contributed by atoms with Crippen LogP contribution >= 0.6 is 0 Å². The van der Waals surface area contributed by atoms with Gasteiger partial charge in [0.25, 0.3) is 0 Å². The summed E-state index contributed by atoms with van der Waals surface area (Å²) in [6, 6.07) is 20.9. The Balaban J connectivity index is 2.03. The maximum atomic E-state index is 13.9. The summed E-state index contributed by atoms with van der Waals surface area (Å²) in [4.78, 5) is 0. The van der Waals surface area contributed by atoms with Gasteiger partial charge >= 0.3 is 0 Å². The molecule has 3 aromatic rings. The maximum absolute atomic E-state index is 13.9. The fourth-order valence-corrected chi connectivity index (χ4v) is 2.70. The average Bonchev–Trinajstić information content (AvgIpc) is 2.55. The van der Waals surface area contributed by atoms with Gasteiger partial charge in [-0.3, -0.25) is 11.3 Å². The number of benzene rings is 3. The maximum Gasteiger partial charge on any atom is 0.131 e. The van der Waals surface area contributed by atoms with Crippen LogP contribution in [0.5, 0.6) is 0 Å². The lowest BCUT2D eigenvalue weighted by molar-refractivity contribution is 0.554. The normalized spacial score (nSPS) is 12.5. The van der Waals surface area contributed by atoms with E-state index in [0.717, 1.165) is 17.4 Å². The van der Waals surface area contributed by atoms with Gasteiger partial charge in [-0.1, -0.05) is 60.7 Å². The highest BCUT2D eigenvalue weighted by atomic mass is 19.1. The van der Waals surface area contributed by atoms with Crippen LogP contribution in [0.2, 0.25) is 0 Å². The number of halogens is 1. The molecule has 0 bridgehead atoms. The van der Waals surface area contributed by atoms with E-state index in [2.05, 4.69) is 17.6 Å². The van der Waals surface area contributed by atoms with Gasteiger partial charge in [-0.05, 0) is 29.0 Å². The van der Waals surface area contributed by atoms with E-state index < -0.39 is 0 Å². The number of hydrogen-bond acceptors (Lipinski definition) is 2. The predicted molar refractivity (Wildman–Crippen MR) is 84.1 cm³/mol.